The second-order valence-electron chi connectivity index (χ2n) is 9.76. The average Bonchev–Trinajstić information content (AvgIpc) is 2.80. The molecule has 4 rings (SSSR count). The summed E-state index contributed by atoms with van der Waals surface area (Å²) in [5.74, 6) is -0.311. The van der Waals surface area contributed by atoms with Gasteiger partial charge < -0.3 is 0 Å². The smallest absolute Gasteiger partial charge is 0.257 e. The Morgan fingerprint density at radius 1 is 1.17 bits per heavy atom. The third-order valence-corrected chi connectivity index (χ3v) is 8.13. The molecule has 0 radical (unpaired) electrons. The van der Waals surface area contributed by atoms with Crippen molar-refractivity contribution in [3.05, 3.63) is 81.2 Å². The Bertz CT molecular complexity index is 1380. The molecule has 0 aliphatic heterocycles. The van der Waals surface area contributed by atoms with Gasteiger partial charge in [-0.05, 0) is 83.2 Å². The van der Waals surface area contributed by atoms with Crippen LogP contribution in [0, 0.1) is 13.8 Å². The predicted molar refractivity (Wildman–Crippen MR) is 139 cm³/mol. The number of sulfonamides is 1. The molecule has 0 spiro atoms. The molecule has 2 aromatic heterocycles. The lowest BCUT2D eigenvalue weighted by Crippen LogP contribution is -2.46. The highest BCUT2D eigenvalue weighted by atomic mass is 32.2. The highest BCUT2D eigenvalue weighted by Gasteiger charge is 2.35. The molecular weight excluding hydrogens is 460 g/mol. The number of hydrogen-bond acceptors (Lipinski definition) is 5. The Morgan fingerprint density at radius 2 is 1.94 bits per heavy atom. The molecule has 8 heteroatoms. The van der Waals surface area contributed by atoms with E-state index in [4.69, 9.17) is 4.98 Å². The molecule has 1 aliphatic carbocycles. The van der Waals surface area contributed by atoms with Gasteiger partial charge in [0.1, 0.15) is 0 Å². The van der Waals surface area contributed by atoms with E-state index in [1.807, 2.05) is 45.0 Å². The van der Waals surface area contributed by atoms with Gasteiger partial charge in [-0.1, -0.05) is 18.2 Å². The minimum Gasteiger partial charge on any atom is -0.296 e. The van der Waals surface area contributed by atoms with Crippen LogP contribution in [-0.4, -0.2) is 34.7 Å². The fraction of sp³-hybridized carbons (Fsp3) is 0.444. The van der Waals surface area contributed by atoms with Crippen molar-refractivity contribution in [3.63, 3.8) is 0 Å². The third kappa shape index (κ3) is 5.54. The van der Waals surface area contributed by atoms with Crippen molar-refractivity contribution < 1.29 is 8.42 Å². The van der Waals surface area contributed by atoms with Gasteiger partial charge in [-0.25, -0.2) is 18.1 Å². The molecule has 1 aliphatic rings. The first-order chi connectivity index (χ1) is 16.6. The molecule has 0 bridgehead atoms. The van der Waals surface area contributed by atoms with Gasteiger partial charge in [0.2, 0.25) is 10.0 Å². The van der Waals surface area contributed by atoms with Crippen molar-refractivity contribution in [1.82, 2.24) is 19.3 Å². The summed E-state index contributed by atoms with van der Waals surface area (Å²) in [5.41, 5.74) is 6.36. The number of rotatable bonds is 7. The van der Waals surface area contributed by atoms with Gasteiger partial charge in [-0.2, -0.15) is 0 Å². The first-order valence-corrected chi connectivity index (χ1v) is 13.9. The zero-order valence-corrected chi connectivity index (χ0v) is 21.9. The molecule has 1 aromatic carbocycles. The van der Waals surface area contributed by atoms with Crippen LogP contribution in [-0.2, 0) is 22.9 Å². The maximum Gasteiger partial charge on any atom is 0.257 e. The highest BCUT2D eigenvalue weighted by molar-refractivity contribution is 7.89. The molecular formula is C27H34N4O3S. The summed E-state index contributed by atoms with van der Waals surface area (Å²) in [6.45, 7) is 9.56. The fourth-order valence-corrected chi connectivity index (χ4v) is 5.86. The van der Waals surface area contributed by atoms with E-state index in [0.717, 1.165) is 33.8 Å². The molecule has 7 nitrogen and oxygen atoms in total. The molecule has 2 atom stereocenters. The molecule has 35 heavy (non-hydrogen) atoms. The lowest BCUT2D eigenvalue weighted by molar-refractivity contribution is 0.412. The summed E-state index contributed by atoms with van der Waals surface area (Å²) in [6.07, 6.45) is 3.32. The van der Waals surface area contributed by atoms with Crippen molar-refractivity contribution in [2.75, 3.05) is 5.75 Å². The number of benzene rings is 1. The molecule has 0 amide bonds. The van der Waals surface area contributed by atoms with E-state index in [1.54, 1.807) is 17.8 Å². The number of aromatic nitrogens is 3. The zero-order chi connectivity index (χ0) is 25.3. The van der Waals surface area contributed by atoms with Crippen LogP contribution in [0.4, 0.5) is 0 Å². The molecule has 3 aromatic rings. The van der Waals surface area contributed by atoms with E-state index in [-0.39, 0.29) is 29.3 Å². The molecule has 186 valence electrons. The van der Waals surface area contributed by atoms with E-state index >= 15 is 0 Å². The Morgan fingerprint density at radius 3 is 2.63 bits per heavy atom. The standard InChI is InChI=1S/C27H34N4O3S/c1-6-35(33,34)30-23-10-11-24-26(27(32)31(16-28-24)17(2)3)22(23)15-20-8-7-9-21(14-20)25-13-18(4)12-19(5)29-25/h7-9,12-14,16-17,22-23,30H,6,10-11,15H2,1-5H3. The lowest BCUT2D eigenvalue weighted by Gasteiger charge is -2.33. The van der Waals surface area contributed by atoms with Crippen molar-refractivity contribution in [3.8, 4) is 11.3 Å². The van der Waals surface area contributed by atoms with Crippen LogP contribution in [0.15, 0.2) is 47.5 Å². The second kappa shape index (κ2) is 10.0. The Kier molecular flexibility index (Phi) is 7.24. The monoisotopic (exact) mass is 494 g/mol. The van der Waals surface area contributed by atoms with Crippen LogP contribution in [0.25, 0.3) is 11.3 Å². The minimum atomic E-state index is -3.44. The topological polar surface area (TPSA) is 94.0 Å². The van der Waals surface area contributed by atoms with E-state index in [0.29, 0.717) is 24.8 Å². The summed E-state index contributed by atoms with van der Waals surface area (Å²) in [7, 11) is -3.44. The predicted octanol–water partition coefficient (Wildman–Crippen LogP) is 4.08. The average molecular weight is 495 g/mol. The maximum atomic E-state index is 13.5. The fourth-order valence-electron chi connectivity index (χ4n) is 4.95. The van der Waals surface area contributed by atoms with Crippen LogP contribution in [0.1, 0.15) is 67.2 Å². The minimum absolute atomic E-state index is 0.000205. The highest BCUT2D eigenvalue weighted by Crippen LogP contribution is 2.33. The molecule has 0 saturated carbocycles. The Labute approximate surface area is 207 Å². The summed E-state index contributed by atoms with van der Waals surface area (Å²) in [6, 6.07) is 11.9. The first-order valence-electron chi connectivity index (χ1n) is 12.2. The maximum absolute atomic E-state index is 13.5. The van der Waals surface area contributed by atoms with Gasteiger partial charge in [0.15, 0.2) is 0 Å². The lowest BCUT2D eigenvalue weighted by atomic mass is 9.78. The second-order valence-corrected chi connectivity index (χ2v) is 11.8. The van der Waals surface area contributed by atoms with Crippen molar-refractivity contribution in [2.24, 2.45) is 0 Å². The normalized spacial score (nSPS) is 18.0. The first kappa shape index (κ1) is 25.3. The summed E-state index contributed by atoms with van der Waals surface area (Å²) in [5, 5.41) is 0. The molecule has 0 saturated heterocycles. The number of fused-ring (bicyclic) bond motifs is 1. The van der Waals surface area contributed by atoms with Gasteiger partial charge in [-0.15, -0.1) is 0 Å². The van der Waals surface area contributed by atoms with Gasteiger partial charge >= 0.3 is 0 Å². The van der Waals surface area contributed by atoms with Gasteiger partial charge in [0, 0.05) is 34.8 Å². The Hall–Kier alpha value is -2.84. The number of hydrogen-bond donors (Lipinski definition) is 1. The van der Waals surface area contributed by atoms with E-state index in [1.165, 1.54) is 0 Å². The van der Waals surface area contributed by atoms with E-state index < -0.39 is 10.0 Å². The van der Waals surface area contributed by atoms with Gasteiger partial charge in [-0.3, -0.25) is 14.3 Å². The van der Waals surface area contributed by atoms with Crippen LogP contribution in [0.5, 0.6) is 0 Å². The van der Waals surface area contributed by atoms with Crippen molar-refractivity contribution in [1.29, 1.82) is 0 Å². The number of nitrogens with zero attached hydrogens (tertiary/aromatic N) is 3. The van der Waals surface area contributed by atoms with Crippen molar-refractivity contribution >= 4 is 10.0 Å². The van der Waals surface area contributed by atoms with E-state index in [2.05, 4.69) is 28.8 Å². The van der Waals surface area contributed by atoms with Crippen molar-refractivity contribution in [2.45, 2.75) is 71.9 Å². The van der Waals surface area contributed by atoms with Crippen LogP contribution in [0.3, 0.4) is 0 Å². The van der Waals surface area contributed by atoms with Gasteiger partial charge in [0.25, 0.3) is 5.56 Å². The zero-order valence-electron chi connectivity index (χ0n) is 21.1. The van der Waals surface area contributed by atoms with E-state index in [9.17, 15) is 13.2 Å². The quantitative estimate of drug-likeness (QED) is 0.534. The SMILES string of the molecule is CCS(=O)(=O)NC1CCc2ncn(C(C)C)c(=O)c2C1Cc1cccc(-c2cc(C)cc(C)n2)c1. The number of aryl methyl sites for hydroxylation is 3. The summed E-state index contributed by atoms with van der Waals surface area (Å²) in [4.78, 5) is 22.8. The molecule has 2 unspecified atom stereocenters. The molecule has 0 fully saturated rings. The summed E-state index contributed by atoms with van der Waals surface area (Å²) < 4.78 is 29.6. The molecule has 2 heterocycles. The van der Waals surface area contributed by atoms with Crippen LogP contribution >= 0.6 is 0 Å². The Balaban J connectivity index is 1.78. The largest absolute Gasteiger partial charge is 0.296 e. The van der Waals surface area contributed by atoms with Crippen LogP contribution < -0.4 is 10.3 Å². The third-order valence-electron chi connectivity index (χ3n) is 6.71. The van der Waals surface area contributed by atoms with Crippen LogP contribution in [0.2, 0.25) is 0 Å². The van der Waals surface area contributed by atoms with Gasteiger partial charge in [0.05, 0.1) is 23.5 Å². The number of pyridine rings is 1. The molecule has 1 N–H and O–H groups in total. The number of nitrogens with one attached hydrogen (secondary N) is 1. The summed E-state index contributed by atoms with van der Waals surface area (Å²) >= 11 is 0.